The van der Waals surface area contributed by atoms with E-state index in [1.165, 1.54) is 28.1 Å². The van der Waals surface area contributed by atoms with Crippen LogP contribution in [0.25, 0.3) is 0 Å². The molecule has 0 saturated heterocycles. The van der Waals surface area contributed by atoms with Crippen molar-refractivity contribution >= 4 is 10.1 Å². The molecule has 181 valence electrons. The van der Waals surface area contributed by atoms with Crippen LogP contribution in [0.15, 0.2) is 102 Å². The molecule has 1 radical (unpaired) electrons. The standard InChI is InChI=1S/C29H31N2O3S/c1-22(20-35(32,33)34)23-17-18-27-28(19-23)31(21-30-27)29(24-11-5-2-6-12-24,25-13-7-3-8-14-25)26-15-9-4-10-16-26/h2-16,22-23,30H,1,17-21H2,(H,32,33,34). The number of allylic oxidation sites excluding steroid dienone is 2. The average molecular weight is 488 g/mol. The smallest absolute Gasteiger partial charge is 0.265 e. The molecule has 0 fully saturated rings. The van der Waals surface area contributed by atoms with Gasteiger partial charge in [-0.3, -0.25) is 4.55 Å². The fourth-order valence-corrected chi connectivity index (χ4v) is 6.63. The van der Waals surface area contributed by atoms with Gasteiger partial charge >= 0.3 is 0 Å². The lowest BCUT2D eigenvalue weighted by Gasteiger charge is -2.46. The summed E-state index contributed by atoms with van der Waals surface area (Å²) in [5.41, 5.74) is 5.34. The minimum atomic E-state index is -4.07. The van der Waals surface area contributed by atoms with Crippen LogP contribution in [0.4, 0.5) is 0 Å². The molecule has 6 heteroatoms. The van der Waals surface area contributed by atoms with Crippen LogP contribution in [0, 0.1) is 18.8 Å². The second-order valence-corrected chi connectivity index (χ2v) is 11.0. The van der Waals surface area contributed by atoms with Crippen LogP contribution in [0.1, 0.15) is 36.0 Å². The van der Waals surface area contributed by atoms with Crippen molar-refractivity contribution in [2.24, 2.45) is 11.8 Å². The first kappa shape index (κ1) is 23.6. The van der Waals surface area contributed by atoms with Gasteiger partial charge in [0.05, 0.1) is 12.4 Å². The van der Waals surface area contributed by atoms with Gasteiger partial charge in [0.25, 0.3) is 10.1 Å². The molecule has 35 heavy (non-hydrogen) atoms. The third-order valence-corrected chi connectivity index (χ3v) is 8.27. The summed E-state index contributed by atoms with van der Waals surface area (Å²) in [5.74, 6) is -0.617. The zero-order chi connectivity index (χ0) is 24.5. The summed E-state index contributed by atoms with van der Waals surface area (Å²) in [7, 11) is -4.07. The summed E-state index contributed by atoms with van der Waals surface area (Å²) >= 11 is 0. The Labute approximate surface area is 208 Å². The molecule has 5 nitrogen and oxygen atoms in total. The number of hydrogen-bond donors (Lipinski definition) is 2. The number of nitrogens with zero attached hydrogens (tertiary/aromatic N) is 1. The third kappa shape index (κ3) is 4.48. The number of nitrogens with one attached hydrogen (secondary N) is 1. The van der Waals surface area contributed by atoms with E-state index in [-0.39, 0.29) is 17.6 Å². The van der Waals surface area contributed by atoms with Crippen LogP contribution in [0.5, 0.6) is 0 Å². The highest BCUT2D eigenvalue weighted by Crippen LogP contribution is 2.49. The zero-order valence-corrected chi connectivity index (χ0v) is 20.5. The normalized spacial score (nSPS) is 19.3. The zero-order valence-electron chi connectivity index (χ0n) is 19.7. The maximum absolute atomic E-state index is 11.6. The van der Waals surface area contributed by atoms with E-state index in [0.717, 1.165) is 12.8 Å². The molecule has 0 bridgehead atoms. The lowest BCUT2D eigenvalue weighted by Crippen LogP contribution is -2.48. The molecule has 2 aliphatic rings. The Morgan fingerprint density at radius 2 is 1.40 bits per heavy atom. The lowest BCUT2D eigenvalue weighted by atomic mass is 9.74. The molecule has 0 amide bonds. The second-order valence-electron chi connectivity index (χ2n) is 9.51. The quantitative estimate of drug-likeness (QED) is 0.355. The minimum absolute atomic E-state index is 0.0677. The topological polar surface area (TPSA) is 69.6 Å². The first-order valence-electron chi connectivity index (χ1n) is 12.1. The largest absolute Gasteiger partial charge is 0.370 e. The molecule has 0 spiro atoms. The summed E-state index contributed by atoms with van der Waals surface area (Å²) in [6.45, 7) is 4.77. The van der Waals surface area contributed by atoms with E-state index in [1.54, 1.807) is 0 Å². The highest BCUT2D eigenvalue weighted by atomic mass is 32.2. The summed E-state index contributed by atoms with van der Waals surface area (Å²) in [5, 5.41) is 3.65. The summed E-state index contributed by atoms with van der Waals surface area (Å²) in [6.07, 6.45) is 2.39. The van der Waals surface area contributed by atoms with Crippen LogP contribution < -0.4 is 5.32 Å². The van der Waals surface area contributed by atoms with Crippen molar-refractivity contribution in [3.63, 3.8) is 0 Å². The summed E-state index contributed by atoms with van der Waals surface area (Å²) < 4.78 is 32.6. The van der Waals surface area contributed by atoms with Crippen LogP contribution in [-0.4, -0.2) is 30.3 Å². The van der Waals surface area contributed by atoms with Gasteiger partial charge in [0.2, 0.25) is 0 Å². The first-order valence-corrected chi connectivity index (χ1v) is 13.7. The molecule has 1 heterocycles. The predicted octanol–water partition coefficient (Wildman–Crippen LogP) is 5.19. The molecule has 1 aliphatic heterocycles. The van der Waals surface area contributed by atoms with Crippen LogP contribution in [-0.2, 0) is 15.7 Å². The van der Waals surface area contributed by atoms with Crippen molar-refractivity contribution in [3.8, 4) is 0 Å². The van der Waals surface area contributed by atoms with Gasteiger partial charge in [-0.25, -0.2) is 0 Å². The average Bonchev–Trinajstić information content (AvgIpc) is 3.29. The summed E-state index contributed by atoms with van der Waals surface area (Å²) in [6, 6.07) is 31.7. The van der Waals surface area contributed by atoms with E-state index >= 15 is 0 Å². The van der Waals surface area contributed by atoms with E-state index in [2.05, 4.69) is 89.9 Å². The van der Waals surface area contributed by atoms with E-state index in [4.69, 9.17) is 0 Å². The SMILES string of the molecule is [CH2]C(CS(=O)(=O)O)C1CCC2=C(C1)N(C(c1ccccc1)(c1ccccc1)c1ccccc1)CN2. The molecule has 5 rings (SSSR count). The van der Waals surface area contributed by atoms with Gasteiger partial charge in [-0.1, -0.05) is 91.0 Å². The van der Waals surface area contributed by atoms with Gasteiger partial charge in [-0.2, -0.15) is 8.42 Å². The van der Waals surface area contributed by atoms with Gasteiger partial charge in [0.1, 0.15) is 5.54 Å². The second kappa shape index (κ2) is 9.51. The molecule has 2 N–H and O–H groups in total. The highest BCUT2D eigenvalue weighted by molar-refractivity contribution is 7.85. The molecule has 3 aromatic rings. The Kier molecular flexibility index (Phi) is 6.43. The maximum atomic E-state index is 11.6. The fourth-order valence-electron chi connectivity index (χ4n) is 5.82. The third-order valence-electron chi connectivity index (χ3n) is 7.42. The lowest BCUT2D eigenvalue weighted by molar-refractivity contribution is 0.200. The number of rotatable bonds is 7. The minimum Gasteiger partial charge on any atom is -0.370 e. The van der Waals surface area contributed by atoms with Gasteiger partial charge < -0.3 is 10.2 Å². The summed E-state index contributed by atoms with van der Waals surface area (Å²) in [4.78, 5) is 2.45. The number of benzene rings is 3. The molecular formula is C29H31N2O3S. The monoisotopic (exact) mass is 487 g/mol. The van der Waals surface area contributed by atoms with Crippen molar-refractivity contribution in [1.29, 1.82) is 0 Å². The molecule has 2 atom stereocenters. The van der Waals surface area contributed by atoms with Gasteiger partial charge in [-0.05, 0) is 54.7 Å². The van der Waals surface area contributed by atoms with Crippen LogP contribution in [0.3, 0.4) is 0 Å². The maximum Gasteiger partial charge on any atom is 0.265 e. The molecular weight excluding hydrogens is 456 g/mol. The van der Waals surface area contributed by atoms with Crippen molar-refractivity contribution in [1.82, 2.24) is 10.2 Å². The Bertz CT molecular complexity index is 1190. The van der Waals surface area contributed by atoms with Crippen molar-refractivity contribution in [2.75, 3.05) is 12.4 Å². The molecule has 0 saturated carbocycles. The highest BCUT2D eigenvalue weighted by Gasteiger charge is 2.47. The molecule has 3 aromatic carbocycles. The Hall–Kier alpha value is -3.09. The predicted molar refractivity (Wildman–Crippen MR) is 139 cm³/mol. The molecule has 2 unspecified atom stereocenters. The van der Waals surface area contributed by atoms with E-state index in [1.807, 2.05) is 18.2 Å². The van der Waals surface area contributed by atoms with Crippen molar-refractivity contribution in [3.05, 3.63) is 126 Å². The van der Waals surface area contributed by atoms with E-state index in [9.17, 15) is 13.0 Å². The Balaban J connectivity index is 1.66. The van der Waals surface area contributed by atoms with Crippen molar-refractivity contribution < 1.29 is 13.0 Å². The molecule has 1 aliphatic carbocycles. The fraction of sp³-hybridized carbons (Fsp3) is 0.276. The van der Waals surface area contributed by atoms with Gasteiger partial charge in [0, 0.05) is 11.4 Å². The number of hydrogen-bond acceptors (Lipinski definition) is 4. The van der Waals surface area contributed by atoms with Crippen molar-refractivity contribution in [2.45, 2.75) is 24.8 Å². The van der Waals surface area contributed by atoms with Gasteiger partial charge in [0.15, 0.2) is 0 Å². The van der Waals surface area contributed by atoms with E-state index < -0.39 is 15.7 Å². The Morgan fingerprint density at radius 1 is 0.914 bits per heavy atom. The molecule has 0 aromatic heterocycles. The first-order chi connectivity index (χ1) is 16.9. The van der Waals surface area contributed by atoms with Crippen LogP contribution >= 0.6 is 0 Å². The van der Waals surface area contributed by atoms with E-state index in [0.29, 0.717) is 13.1 Å². The Morgan fingerprint density at radius 3 is 1.86 bits per heavy atom. The van der Waals surface area contributed by atoms with Crippen LogP contribution in [0.2, 0.25) is 0 Å². The van der Waals surface area contributed by atoms with Gasteiger partial charge in [-0.15, -0.1) is 0 Å².